The van der Waals surface area contributed by atoms with Crippen molar-refractivity contribution >= 4 is 5.97 Å². The first-order chi connectivity index (χ1) is 6.25. The Kier molecular flexibility index (Phi) is 3.32. The quantitative estimate of drug-likeness (QED) is 0.514. The molecule has 0 aromatic carbocycles. The molecule has 0 aromatic heterocycles. The monoisotopic (exact) mass is 181 g/mol. The van der Waals surface area contributed by atoms with Crippen molar-refractivity contribution in [3.63, 3.8) is 0 Å². The third-order valence-corrected chi connectivity index (χ3v) is 2.31. The van der Waals surface area contributed by atoms with Crippen LogP contribution in [-0.2, 0) is 9.53 Å². The number of hydrogen-bond donors (Lipinski definition) is 1. The van der Waals surface area contributed by atoms with Crippen molar-refractivity contribution < 1.29 is 9.53 Å². The second kappa shape index (κ2) is 4.29. The predicted molar refractivity (Wildman–Crippen MR) is 50.1 cm³/mol. The Morgan fingerprint density at radius 2 is 2.54 bits per heavy atom. The van der Waals surface area contributed by atoms with Crippen LogP contribution in [0.4, 0.5) is 0 Å². The zero-order chi connectivity index (χ0) is 9.73. The number of rotatable bonds is 3. The van der Waals surface area contributed by atoms with Gasteiger partial charge in [-0.3, -0.25) is 4.79 Å². The van der Waals surface area contributed by atoms with Gasteiger partial charge in [-0.05, 0) is 26.3 Å². The molecule has 0 aliphatic carbocycles. The van der Waals surface area contributed by atoms with E-state index in [4.69, 9.17) is 11.2 Å². The molecule has 0 spiro atoms. The van der Waals surface area contributed by atoms with Gasteiger partial charge in [-0.1, -0.05) is 0 Å². The van der Waals surface area contributed by atoms with Crippen LogP contribution in [0.1, 0.15) is 26.2 Å². The molecule has 1 N–H and O–H groups in total. The summed E-state index contributed by atoms with van der Waals surface area (Å²) < 4.78 is 4.98. The Morgan fingerprint density at radius 1 is 1.77 bits per heavy atom. The van der Waals surface area contributed by atoms with Crippen LogP contribution in [-0.4, -0.2) is 24.7 Å². The Bertz CT molecular complexity index is 224. The molecule has 1 atom stereocenters. The van der Waals surface area contributed by atoms with Gasteiger partial charge in [0, 0.05) is 6.42 Å². The second-order valence-electron chi connectivity index (χ2n) is 3.21. The molecular formula is C10H15NO2. The second-order valence-corrected chi connectivity index (χ2v) is 3.21. The number of esters is 1. The molecule has 72 valence electrons. The average Bonchev–Trinajstić information content (AvgIpc) is 2.55. The molecule has 1 saturated heterocycles. The smallest absolute Gasteiger partial charge is 0.327 e. The van der Waals surface area contributed by atoms with E-state index in [0.717, 1.165) is 19.4 Å². The summed E-state index contributed by atoms with van der Waals surface area (Å²) in [7, 11) is 0. The predicted octanol–water partition coefficient (Wildman–Crippen LogP) is 0.695. The van der Waals surface area contributed by atoms with Gasteiger partial charge in [0.15, 0.2) is 0 Å². The van der Waals surface area contributed by atoms with Crippen molar-refractivity contribution in [1.82, 2.24) is 5.32 Å². The highest BCUT2D eigenvalue weighted by atomic mass is 16.5. The van der Waals surface area contributed by atoms with Crippen molar-refractivity contribution in [2.24, 2.45) is 0 Å². The van der Waals surface area contributed by atoms with Crippen molar-refractivity contribution in [3.8, 4) is 12.3 Å². The first kappa shape index (κ1) is 10.1. The van der Waals surface area contributed by atoms with Gasteiger partial charge in [0.1, 0.15) is 5.54 Å². The molecule has 1 fully saturated rings. The molecule has 0 saturated carbocycles. The molecule has 0 bridgehead atoms. The van der Waals surface area contributed by atoms with E-state index in [0.29, 0.717) is 13.0 Å². The lowest BCUT2D eigenvalue weighted by molar-refractivity contribution is -0.150. The fraction of sp³-hybridized carbons (Fsp3) is 0.700. The minimum absolute atomic E-state index is 0.203. The van der Waals surface area contributed by atoms with Gasteiger partial charge < -0.3 is 10.1 Å². The third-order valence-electron chi connectivity index (χ3n) is 2.31. The Labute approximate surface area is 78.8 Å². The van der Waals surface area contributed by atoms with Gasteiger partial charge >= 0.3 is 5.97 Å². The van der Waals surface area contributed by atoms with Crippen LogP contribution in [0.15, 0.2) is 0 Å². The summed E-state index contributed by atoms with van der Waals surface area (Å²) in [6, 6.07) is 0. The summed E-state index contributed by atoms with van der Waals surface area (Å²) in [4.78, 5) is 11.6. The van der Waals surface area contributed by atoms with Crippen LogP contribution in [0.5, 0.6) is 0 Å². The van der Waals surface area contributed by atoms with Crippen LogP contribution in [0.2, 0.25) is 0 Å². The van der Waals surface area contributed by atoms with Crippen LogP contribution < -0.4 is 5.32 Å². The van der Waals surface area contributed by atoms with Crippen molar-refractivity contribution in [2.45, 2.75) is 31.7 Å². The SMILES string of the molecule is C#CCC1(C(=O)OCC)CCCN1. The van der Waals surface area contributed by atoms with Crippen molar-refractivity contribution in [1.29, 1.82) is 0 Å². The number of carbonyl (C=O) groups is 1. The largest absolute Gasteiger partial charge is 0.465 e. The van der Waals surface area contributed by atoms with E-state index < -0.39 is 5.54 Å². The number of hydrogen-bond acceptors (Lipinski definition) is 3. The molecule has 3 nitrogen and oxygen atoms in total. The number of ether oxygens (including phenoxy) is 1. The minimum atomic E-state index is -0.592. The molecule has 13 heavy (non-hydrogen) atoms. The van der Waals surface area contributed by atoms with Crippen molar-refractivity contribution in [2.75, 3.05) is 13.2 Å². The van der Waals surface area contributed by atoms with Crippen LogP contribution in [0.3, 0.4) is 0 Å². The summed E-state index contributed by atoms with van der Waals surface area (Å²) in [5, 5.41) is 3.14. The lowest BCUT2D eigenvalue weighted by Crippen LogP contribution is -2.48. The highest BCUT2D eigenvalue weighted by Crippen LogP contribution is 2.24. The van der Waals surface area contributed by atoms with Gasteiger partial charge in [-0.2, -0.15) is 0 Å². The first-order valence-electron chi connectivity index (χ1n) is 4.61. The summed E-state index contributed by atoms with van der Waals surface area (Å²) in [6.45, 7) is 3.06. The molecule has 1 heterocycles. The van der Waals surface area contributed by atoms with Gasteiger partial charge in [0.05, 0.1) is 6.61 Å². The molecule has 0 amide bonds. The first-order valence-corrected chi connectivity index (χ1v) is 4.61. The standard InChI is InChI=1S/C10H15NO2/c1-3-6-10(7-5-8-11-10)9(12)13-4-2/h1,11H,4-8H2,2H3. The molecule has 3 heteroatoms. The van der Waals surface area contributed by atoms with Crippen LogP contribution >= 0.6 is 0 Å². The fourth-order valence-corrected chi connectivity index (χ4v) is 1.65. The van der Waals surface area contributed by atoms with E-state index in [9.17, 15) is 4.79 Å². The van der Waals surface area contributed by atoms with E-state index in [-0.39, 0.29) is 5.97 Å². The molecule has 1 unspecified atom stereocenters. The summed E-state index contributed by atoms with van der Waals surface area (Å²) in [6.07, 6.45) is 7.43. The van der Waals surface area contributed by atoms with E-state index in [1.165, 1.54) is 0 Å². The molecule has 0 aromatic rings. The highest BCUT2D eigenvalue weighted by Gasteiger charge is 2.41. The van der Waals surface area contributed by atoms with Gasteiger partial charge in [0.25, 0.3) is 0 Å². The molecule has 1 aliphatic heterocycles. The molecule has 1 rings (SSSR count). The number of terminal acetylenes is 1. The lowest BCUT2D eigenvalue weighted by Gasteiger charge is -2.24. The van der Waals surface area contributed by atoms with Crippen molar-refractivity contribution in [3.05, 3.63) is 0 Å². The van der Waals surface area contributed by atoms with E-state index in [1.54, 1.807) is 6.92 Å². The average molecular weight is 181 g/mol. The van der Waals surface area contributed by atoms with Gasteiger partial charge in [0.2, 0.25) is 0 Å². The van der Waals surface area contributed by atoms with Crippen LogP contribution in [0, 0.1) is 12.3 Å². The van der Waals surface area contributed by atoms with Crippen LogP contribution in [0.25, 0.3) is 0 Å². The highest BCUT2D eigenvalue weighted by molar-refractivity contribution is 5.81. The summed E-state index contributed by atoms with van der Waals surface area (Å²) in [5.41, 5.74) is -0.592. The Balaban J connectivity index is 2.67. The maximum Gasteiger partial charge on any atom is 0.327 e. The number of carbonyl (C=O) groups excluding carboxylic acids is 1. The maximum absolute atomic E-state index is 11.6. The lowest BCUT2D eigenvalue weighted by atomic mass is 9.94. The zero-order valence-electron chi connectivity index (χ0n) is 7.93. The van der Waals surface area contributed by atoms with E-state index in [1.807, 2.05) is 0 Å². The Hall–Kier alpha value is -1.01. The Morgan fingerprint density at radius 3 is 3.00 bits per heavy atom. The fourth-order valence-electron chi connectivity index (χ4n) is 1.65. The topological polar surface area (TPSA) is 38.3 Å². The van der Waals surface area contributed by atoms with Gasteiger partial charge in [-0.25, -0.2) is 0 Å². The van der Waals surface area contributed by atoms with E-state index >= 15 is 0 Å². The third kappa shape index (κ3) is 2.02. The summed E-state index contributed by atoms with van der Waals surface area (Å²) in [5.74, 6) is 2.32. The summed E-state index contributed by atoms with van der Waals surface area (Å²) >= 11 is 0. The molecule has 0 radical (unpaired) electrons. The normalized spacial score (nSPS) is 26.8. The molecular weight excluding hydrogens is 166 g/mol. The zero-order valence-corrected chi connectivity index (χ0v) is 7.93. The molecule has 1 aliphatic rings. The number of nitrogens with one attached hydrogen (secondary N) is 1. The maximum atomic E-state index is 11.6. The van der Waals surface area contributed by atoms with E-state index in [2.05, 4.69) is 11.2 Å². The minimum Gasteiger partial charge on any atom is -0.465 e. The van der Waals surface area contributed by atoms with Gasteiger partial charge in [-0.15, -0.1) is 12.3 Å².